The maximum absolute atomic E-state index is 12.9. The Kier molecular flexibility index (Phi) is 5.05. The number of terminal acetylenes is 1. The van der Waals surface area contributed by atoms with Gasteiger partial charge in [0.1, 0.15) is 12.4 Å². The number of rotatable bonds is 3. The summed E-state index contributed by atoms with van der Waals surface area (Å²) in [6.45, 7) is 1.69. The molecule has 0 atom stereocenters. The van der Waals surface area contributed by atoms with Crippen molar-refractivity contribution in [3.05, 3.63) is 65.5 Å². The largest absolute Gasteiger partial charge is 0.271 e. The van der Waals surface area contributed by atoms with Crippen molar-refractivity contribution in [2.75, 3.05) is 6.54 Å². The number of benzene rings is 2. The van der Waals surface area contributed by atoms with Crippen molar-refractivity contribution >= 4 is 10.0 Å². The summed E-state index contributed by atoms with van der Waals surface area (Å²) in [6, 6.07) is 14.4. The average Bonchev–Trinajstić information content (AvgIpc) is 2.53. The molecule has 0 fully saturated rings. The molecule has 0 heterocycles. The van der Waals surface area contributed by atoms with E-state index in [2.05, 4.69) is 17.9 Å². The lowest BCUT2D eigenvalue weighted by atomic mass is 10.2. The smallest absolute Gasteiger partial charge is 0.212 e. The molecular weight excluding hydrogens is 313 g/mol. The van der Waals surface area contributed by atoms with Crippen molar-refractivity contribution in [1.82, 2.24) is 4.31 Å². The van der Waals surface area contributed by atoms with E-state index in [9.17, 15) is 12.8 Å². The van der Waals surface area contributed by atoms with Gasteiger partial charge in [0.25, 0.3) is 10.0 Å². The summed E-state index contributed by atoms with van der Waals surface area (Å²) in [5.41, 5.74) is 1.44. The molecule has 0 aliphatic carbocycles. The first-order chi connectivity index (χ1) is 10.9. The molecule has 0 spiro atoms. The second-order valence-corrected chi connectivity index (χ2v) is 6.63. The van der Waals surface area contributed by atoms with Crippen LogP contribution in [0.1, 0.15) is 11.1 Å². The van der Waals surface area contributed by atoms with Gasteiger partial charge in [0.2, 0.25) is 0 Å². The normalized spacial score (nSPS) is 10.3. The zero-order valence-corrected chi connectivity index (χ0v) is 13.3. The molecule has 0 radical (unpaired) electrons. The molecule has 0 saturated heterocycles. The highest BCUT2D eigenvalue weighted by Crippen LogP contribution is 2.15. The Labute approximate surface area is 135 Å². The Morgan fingerprint density at radius 3 is 2.26 bits per heavy atom. The van der Waals surface area contributed by atoms with Crippen LogP contribution < -0.4 is 0 Å². The molecule has 2 aromatic rings. The summed E-state index contributed by atoms with van der Waals surface area (Å²) >= 11 is 0. The summed E-state index contributed by atoms with van der Waals surface area (Å²) in [5.74, 6) is 4.58. The molecule has 2 rings (SSSR count). The predicted octanol–water partition coefficient (Wildman–Crippen LogP) is 2.77. The van der Waals surface area contributed by atoms with Gasteiger partial charge in [-0.3, -0.25) is 0 Å². The van der Waals surface area contributed by atoms with E-state index in [1.54, 1.807) is 12.1 Å². The van der Waals surface area contributed by atoms with Crippen molar-refractivity contribution in [3.63, 3.8) is 0 Å². The van der Waals surface area contributed by atoms with Crippen molar-refractivity contribution in [2.45, 2.75) is 11.8 Å². The van der Waals surface area contributed by atoms with Crippen LogP contribution in [0, 0.1) is 37.0 Å². The van der Waals surface area contributed by atoms with Crippen LogP contribution in [0.2, 0.25) is 0 Å². The first-order valence-corrected chi connectivity index (χ1v) is 8.17. The van der Waals surface area contributed by atoms with E-state index < -0.39 is 10.0 Å². The van der Waals surface area contributed by atoms with Crippen molar-refractivity contribution < 1.29 is 12.8 Å². The van der Waals surface area contributed by atoms with Crippen LogP contribution in [0.3, 0.4) is 0 Å². The van der Waals surface area contributed by atoms with Gasteiger partial charge in [-0.1, -0.05) is 23.6 Å². The van der Waals surface area contributed by atoms with Gasteiger partial charge in [0.05, 0.1) is 4.90 Å². The zero-order valence-electron chi connectivity index (χ0n) is 12.5. The molecule has 0 aliphatic heterocycles. The minimum atomic E-state index is -3.82. The Morgan fingerprint density at radius 1 is 1.09 bits per heavy atom. The first kappa shape index (κ1) is 16.6. The van der Waals surface area contributed by atoms with Gasteiger partial charge in [-0.15, -0.1) is 6.42 Å². The van der Waals surface area contributed by atoms with Crippen LogP contribution in [0.5, 0.6) is 0 Å². The monoisotopic (exact) mass is 327 g/mol. The molecule has 23 heavy (non-hydrogen) atoms. The van der Waals surface area contributed by atoms with Crippen molar-refractivity contribution in [1.29, 1.82) is 0 Å². The van der Waals surface area contributed by atoms with Crippen LogP contribution in [0.25, 0.3) is 0 Å². The molecule has 0 aliphatic rings. The molecule has 3 nitrogen and oxygen atoms in total. The van der Waals surface area contributed by atoms with Crippen LogP contribution in [-0.2, 0) is 10.0 Å². The van der Waals surface area contributed by atoms with E-state index in [0.717, 1.165) is 9.87 Å². The van der Waals surface area contributed by atoms with Gasteiger partial charge < -0.3 is 0 Å². The molecule has 116 valence electrons. The topological polar surface area (TPSA) is 37.4 Å². The number of aryl methyl sites for hydroxylation is 1. The fourth-order valence-corrected chi connectivity index (χ4v) is 2.91. The van der Waals surface area contributed by atoms with Crippen LogP contribution in [0.4, 0.5) is 4.39 Å². The van der Waals surface area contributed by atoms with Gasteiger partial charge in [-0.05, 0) is 49.2 Å². The number of sulfonamides is 1. The minimum absolute atomic E-state index is 0.117. The SMILES string of the molecule is C#CCN(C#Cc1ccc(F)cc1)S(=O)(=O)c1ccc(C)cc1. The number of hydrogen-bond acceptors (Lipinski definition) is 2. The molecule has 0 amide bonds. The lowest BCUT2D eigenvalue weighted by Crippen LogP contribution is -2.27. The minimum Gasteiger partial charge on any atom is -0.212 e. The Morgan fingerprint density at radius 2 is 1.70 bits per heavy atom. The number of hydrogen-bond donors (Lipinski definition) is 0. The summed E-state index contributed by atoms with van der Waals surface area (Å²) in [7, 11) is -3.82. The molecule has 0 N–H and O–H groups in total. The average molecular weight is 327 g/mol. The summed E-state index contributed by atoms with van der Waals surface area (Å²) in [5, 5.41) is 0. The Bertz CT molecular complexity index is 883. The predicted molar refractivity (Wildman–Crippen MR) is 87.2 cm³/mol. The second kappa shape index (κ2) is 7.00. The van der Waals surface area contributed by atoms with Crippen LogP contribution in [-0.4, -0.2) is 19.3 Å². The Balaban J connectivity index is 2.36. The molecular formula is C18H14FNO2S. The summed E-state index contributed by atoms with van der Waals surface area (Å²) < 4.78 is 38.9. The summed E-state index contributed by atoms with van der Waals surface area (Å²) in [6.07, 6.45) is 5.24. The maximum atomic E-state index is 12.9. The first-order valence-electron chi connectivity index (χ1n) is 6.73. The summed E-state index contributed by atoms with van der Waals surface area (Å²) in [4.78, 5) is 0.117. The fraction of sp³-hybridized carbons (Fsp3) is 0.111. The van der Waals surface area contributed by atoms with Gasteiger partial charge in [-0.2, -0.15) is 0 Å². The van der Waals surface area contributed by atoms with E-state index in [0.29, 0.717) is 5.56 Å². The third kappa shape index (κ3) is 4.12. The standard InChI is InChI=1S/C18H14FNO2S/c1-3-13-20(14-12-16-6-8-17(19)9-7-16)23(21,22)18-10-4-15(2)5-11-18/h1,4-11H,13H2,2H3. The lowest BCUT2D eigenvalue weighted by molar-refractivity contribution is 0.535. The van der Waals surface area contributed by atoms with E-state index >= 15 is 0 Å². The lowest BCUT2D eigenvalue weighted by Gasteiger charge is -2.15. The molecule has 2 aromatic carbocycles. The van der Waals surface area contributed by atoms with E-state index in [4.69, 9.17) is 6.42 Å². The molecule has 0 bridgehead atoms. The molecule has 5 heteroatoms. The molecule has 0 saturated carbocycles. The third-order valence-electron chi connectivity index (χ3n) is 3.01. The van der Waals surface area contributed by atoms with Gasteiger partial charge in [-0.25, -0.2) is 17.1 Å². The van der Waals surface area contributed by atoms with E-state index in [1.807, 2.05) is 6.92 Å². The van der Waals surface area contributed by atoms with Crippen LogP contribution >= 0.6 is 0 Å². The van der Waals surface area contributed by atoms with Gasteiger partial charge in [0, 0.05) is 11.6 Å². The van der Waals surface area contributed by atoms with Crippen molar-refractivity contribution in [3.8, 4) is 24.3 Å². The fourth-order valence-electron chi connectivity index (χ4n) is 1.77. The third-order valence-corrected chi connectivity index (χ3v) is 4.68. The van der Waals surface area contributed by atoms with E-state index in [1.165, 1.54) is 36.4 Å². The highest BCUT2D eigenvalue weighted by Gasteiger charge is 2.21. The quantitative estimate of drug-likeness (QED) is 0.642. The Hall–Kier alpha value is -2.76. The van der Waals surface area contributed by atoms with Crippen molar-refractivity contribution in [2.24, 2.45) is 0 Å². The van der Waals surface area contributed by atoms with Gasteiger partial charge >= 0.3 is 0 Å². The zero-order chi connectivity index (χ0) is 16.9. The number of halogens is 1. The highest BCUT2D eigenvalue weighted by molar-refractivity contribution is 7.89. The molecule has 0 aromatic heterocycles. The highest BCUT2D eigenvalue weighted by atomic mass is 32.2. The maximum Gasteiger partial charge on any atom is 0.271 e. The number of nitrogens with zero attached hydrogens (tertiary/aromatic N) is 1. The van der Waals surface area contributed by atoms with Gasteiger partial charge in [0.15, 0.2) is 0 Å². The van der Waals surface area contributed by atoms with E-state index in [-0.39, 0.29) is 17.3 Å². The van der Waals surface area contributed by atoms with Crippen LogP contribution in [0.15, 0.2) is 53.4 Å². The molecule has 0 unspecified atom stereocenters. The second-order valence-electron chi connectivity index (χ2n) is 4.77.